The van der Waals surface area contributed by atoms with Gasteiger partial charge in [-0.2, -0.15) is 0 Å². The fourth-order valence-corrected chi connectivity index (χ4v) is 2.97. The third-order valence-corrected chi connectivity index (χ3v) is 4.95. The molecular formula is C20H32ClIN4O2. The lowest BCUT2D eigenvalue weighted by atomic mass is 9.96. The molecule has 1 aliphatic rings. The van der Waals surface area contributed by atoms with Crippen molar-refractivity contribution < 1.29 is 9.53 Å². The van der Waals surface area contributed by atoms with Crippen LogP contribution in [0.3, 0.4) is 0 Å². The molecular weight excluding hydrogens is 491 g/mol. The number of carbonyl (C=O) groups is 1. The minimum Gasteiger partial charge on any atom is -0.382 e. The molecule has 1 fully saturated rings. The number of rotatable bonds is 10. The summed E-state index contributed by atoms with van der Waals surface area (Å²) in [5.41, 5.74) is 1.35. The SMILES string of the molecule is CCOCCCNC(=NCC(=O)N(C)C)NCC1(c2cccc(Cl)c2)CC1.I. The van der Waals surface area contributed by atoms with Crippen LogP contribution in [0.5, 0.6) is 0 Å². The van der Waals surface area contributed by atoms with Crippen molar-refractivity contribution in [2.75, 3.05) is 46.9 Å². The summed E-state index contributed by atoms with van der Waals surface area (Å²) in [6.45, 7) is 5.04. The van der Waals surface area contributed by atoms with Crippen molar-refractivity contribution in [2.24, 2.45) is 4.99 Å². The third kappa shape index (κ3) is 8.13. The molecule has 0 bridgehead atoms. The van der Waals surface area contributed by atoms with Gasteiger partial charge in [0.1, 0.15) is 6.54 Å². The lowest BCUT2D eigenvalue weighted by Gasteiger charge is -2.20. The van der Waals surface area contributed by atoms with Crippen LogP contribution in [0, 0.1) is 0 Å². The van der Waals surface area contributed by atoms with E-state index in [1.165, 1.54) is 5.56 Å². The number of halogens is 2. The van der Waals surface area contributed by atoms with Crippen molar-refractivity contribution in [3.63, 3.8) is 0 Å². The number of hydrogen-bond donors (Lipinski definition) is 2. The monoisotopic (exact) mass is 522 g/mol. The molecule has 1 amide bonds. The van der Waals surface area contributed by atoms with Crippen LogP contribution in [0.4, 0.5) is 0 Å². The molecule has 8 heteroatoms. The maximum Gasteiger partial charge on any atom is 0.243 e. The van der Waals surface area contributed by atoms with Crippen LogP contribution in [-0.2, 0) is 14.9 Å². The zero-order valence-corrected chi connectivity index (χ0v) is 20.0. The topological polar surface area (TPSA) is 66.0 Å². The standard InChI is InChI=1S/C20H31ClN4O2.HI/c1-4-27-12-6-11-22-19(23-14-18(26)25(2)3)24-15-20(9-10-20)16-7-5-8-17(21)13-16;/h5,7-8,13H,4,6,9-12,14-15H2,1-3H3,(H2,22,23,24);1H. The molecule has 28 heavy (non-hydrogen) atoms. The molecule has 1 aromatic rings. The fourth-order valence-electron chi connectivity index (χ4n) is 2.78. The first-order chi connectivity index (χ1) is 13.0. The summed E-state index contributed by atoms with van der Waals surface area (Å²) in [4.78, 5) is 17.9. The summed E-state index contributed by atoms with van der Waals surface area (Å²) in [6.07, 6.45) is 3.12. The molecule has 0 aromatic heterocycles. The first-order valence-corrected chi connectivity index (χ1v) is 9.91. The Morgan fingerprint density at radius 1 is 1.32 bits per heavy atom. The molecule has 1 aromatic carbocycles. The Balaban J connectivity index is 0.00000392. The Bertz CT molecular complexity index is 651. The molecule has 0 heterocycles. The lowest BCUT2D eigenvalue weighted by molar-refractivity contribution is -0.127. The molecule has 0 spiro atoms. The van der Waals surface area contributed by atoms with Gasteiger partial charge in [0.05, 0.1) is 0 Å². The normalized spacial score (nSPS) is 14.8. The summed E-state index contributed by atoms with van der Waals surface area (Å²) >= 11 is 6.16. The second kappa shape index (κ2) is 12.5. The lowest BCUT2D eigenvalue weighted by Crippen LogP contribution is -2.42. The minimum absolute atomic E-state index is 0. The van der Waals surface area contributed by atoms with Gasteiger partial charge in [-0.25, -0.2) is 4.99 Å². The third-order valence-electron chi connectivity index (χ3n) is 4.72. The summed E-state index contributed by atoms with van der Waals surface area (Å²) in [7, 11) is 3.47. The first kappa shape index (κ1) is 25.0. The van der Waals surface area contributed by atoms with E-state index in [1.54, 1.807) is 19.0 Å². The van der Waals surface area contributed by atoms with Crippen molar-refractivity contribution >= 4 is 47.4 Å². The van der Waals surface area contributed by atoms with Crippen molar-refractivity contribution in [3.8, 4) is 0 Å². The van der Waals surface area contributed by atoms with Gasteiger partial charge in [-0.3, -0.25) is 4.79 Å². The van der Waals surface area contributed by atoms with Gasteiger partial charge in [-0.15, -0.1) is 24.0 Å². The van der Waals surface area contributed by atoms with Crippen LogP contribution in [0.2, 0.25) is 5.02 Å². The van der Waals surface area contributed by atoms with Crippen LogP contribution in [0.15, 0.2) is 29.3 Å². The van der Waals surface area contributed by atoms with Crippen molar-refractivity contribution in [3.05, 3.63) is 34.9 Å². The summed E-state index contributed by atoms with van der Waals surface area (Å²) in [5, 5.41) is 7.47. The molecule has 0 unspecified atom stereocenters. The highest BCUT2D eigenvalue weighted by atomic mass is 127. The van der Waals surface area contributed by atoms with Gasteiger partial charge < -0.3 is 20.3 Å². The van der Waals surface area contributed by atoms with Gasteiger partial charge in [0, 0.05) is 50.8 Å². The van der Waals surface area contributed by atoms with Gasteiger partial charge >= 0.3 is 0 Å². The van der Waals surface area contributed by atoms with E-state index in [1.807, 2.05) is 25.1 Å². The zero-order chi connectivity index (χ0) is 19.7. The number of nitrogens with zero attached hydrogens (tertiary/aromatic N) is 2. The van der Waals surface area contributed by atoms with Crippen LogP contribution < -0.4 is 10.6 Å². The molecule has 0 aliphatic heterocycles. The van der Waals surface area contributed by atoms with Gasteiger partial charge in [0.25, 0.3) is 0 Å². The van der Waals surface area contributed by atoms with Crippen molar-refractivity contribution in [1.29, 1.82) is 0 Å². The molecule has 0 saturated heterocycles. The molecule has 0 atom stereocenters. The van der Waals surface area contributed by atoms with E-state index >= 15 is 0 Å². The molecule has 0 radical (unpaired) electrons. The largest absolute Gasteiger partial charge is 0.382 e. The van der Waals surface area contributed by atoms with Crippen LogP contribution in [0.25, 0.3) is 0 Å². The molecule has 6 nitrogen and oxygen atoms in total. The number of amides is 1. The number of nitrogens with one attached hydrogen (secondary N) is 2. The molecule has 2 rings (SSSR count). The Morgan fingerprint density at radius 2 is 2.07 bits per heavy atom. The number of likely N-dealkylation sites (N-methyl/N-ethyl adjacent to an activating group) is 1. The molecule has 1 aliphatic carbocycles. The Kier molecular flexibility index (Phi) is 11.1. The average Bonchev–Trinajstić information content (AvgIpc) is 3.44. The second-order valence-electron chi connectivity index (χ2n) is 7.07. The Morgan fingerprint density at radius 3 is 2.68 bits per heavy atom. The van der Waals surface area contributed by atoms with E-state index < -0.39 is 0 Å². The Hall–Kier alpha value is -1.06. The van der Waals surface area contributed by atoms with Gasteiger partial charge in [0.15, 0.2) is 5.96 Å². The van der Waals surface area contributed by atoms with Gasteiger partial charge in [-0.1, -0.05) is 23.7 Å². The number of carbonyl (C=O) groups excluding carboxylic acids is 1. The second-order valence-corrected chi connectivity index (χ2v) is 7.51. The Labute approximate surface area is 190 Å². The predicted molar refractivity (Wildman–Crippen MR) is 126 cm³/mol. The summed E-state index contributed by atoms with van der Waals surface area (Å²) in [5.74, 6) is 0.636. The highest BCUT2D eigenvalue weighted by molar-refractivity contribution is 14.0. The molecule has 1 saturated carbocycles. The number of benzene rings is 1. The van der Waals surface area contributed by atoms with E-state index in [2.05, 4.69) is 21.7 Å². The van der Waals surface area contributed by atoms with E-state index in [0.717, 1.165) is 44.0 Å². The minimum atomic E-state index is -0.0265. The zero-order valence-electron chi connectivity index (χ0n) is 17.0. The maximum absolute atomic E-state index is 11.9. The quantitative estimate of drug-likeness (QED) is 0.215. The number of hydrogen-bond acceptors (Lipinski definition) is 3. The van der Waals surface area contributed by atoms with E-state index in [0.29, 0.717) is 12.6 Å². The van der Waals surface area contributed by atoms with E-state index in [-0.39, 0.29) is 41.8 Å². The van der Waals surface area contributed by atoms with Crippen molar-refractivity contribution in [1.82, 2.24) is 15.5 Å². The van der Waals surface area contributed by atoms with Crippen LogP contribution >= 0.6 is 35.6 Å². The predicted octanol–water partition coefficient (Wildman–Crippen LogP) is 3.04. The summed E-state index contributed by atoms with van der Waals surface area (Å²) in [6, 6.07) is 8.06. The van der Waals surface area contributed by atoms with Crippen molar-refractivity contribution in [2.45, 2.75) is 31.6 Å². The number of ether oxygens (including phenoxy) is 1. The van der Waals surface area contributed by atoms with Crippen LogP contribution in [0.1, 0.15) is 31.7 Å². The smallest absolute Gasteiger partial charge is 0.243 e. The molecule has 2 N–H and O–H groups in total. The highest BCUT2D eigenvalue weighted by Gasteiger charge is 2.44. The molecule has 158 valence electrons. The number of guanidine groups is 1. The van der Waals surface area contributed by atoms with Gasteiger partial charge in [0.2, 0.25) is 5.91 Å². The number of aliphatic imine (C=N–C) groups is 1. The first-order valence-electron chi connectivity index (χ1n) is 9.53. The fraction of sp³-hybridized carbons (Fsp3) is 0.600. The maximum atomic E-state index is 11.9. The van der Waals surface area contributed by atoms with Crippen LogP contribution in [-0.4, -0.2) is 63.7 Å². The highest BCUT2D eigenvalue weighted by Crippen LogP contribution is 2.48. The average molecular weight is 523 g/mol. The summed E-state index contributed by atoms with van der Waals surface area (Å²) < 4.78 is 5.36. The van der Waals surface area contributed by atoms with E-state index in [9.17, 15) is 4.79 Å². The van der Waals surface area contributed by atoms with Gasteiger partial charge in [-0.05, 0) is 43.9 Å². The van der Waals surface area contributed by atoms with E-state index in [4.69, 9.17) is 16.3 Å².